The number of fused-ring (bicyclic) bond motifs is 1. The molecule has 0 unspecified atom stereocenters. The van der Waals surface area contributed by atoms with Gasteiger partial charge in [-0.2, -0.15) is 18.4 Å². The SMILES string of the molecule is CC[C@]1(N)C[C@H](c2ncc(N3CCOCC3)c(Cc3cc(C#N)cc(C(F)(F)F)c3)n2)c2nc(OC)ccc2N1C(=O)OCCCCCC(=O)O. The zero-order valence-corrected chi connectivity index (χ0v) is 28.4. The molecule has 1 saturated heterocycles. The van der Waals surface area contributed by atoms with Gasteiger partial charge in [0.25, 0.3) is 0 Å². The first-order valence-electron chi connectivity index (χ1n) is 16.7. The third-order valence-electron chi connectivity index (χ3n) is 9.06. The fraction of sp³-hybridized carbons (Fsp3) is 0.486. The number of halogens is 3. The highest BCUT2D eigenvalue weighted by atomic mass is 19.4. The van der Waals surface area contributed by atoms with Gasteiger partial charge in [-0.15, -0.1) is 0 Å². The number of pyridine rings is 1. The van der Waals surface area contributed by atoms with E-state index in [-0.39, 0.29) is 42.9 Å². The molecule has 2 aliphatic rings. The number of unbranched alkanes of at least 4 members (excludes halogenated alkanes) is 2. The largest absolute Gasteiger partial charge is 0.481 e. The fourth-order valence-corrected chi connectivity index (χ4v) is 6.37. The Kier molecular flexibility index (Phi) is 11.6. The maximum atomic E-state index is 13.8. The summed E-state index contributed by atoms with van der Waals surface area (Å²) in [4.78, 5) is 42.2. The molecule has 0 spiro atoms. The number of nitrogens with zero attached hydrogens (tertiary/aromatic N) is 6. The van der Waals surface area contributed by atoms with Crippen LogP contribution in [0.15, 0.2) is 36.5 Å². The van der Waals surface area contributed by atoms with Crippen molar-refractivity contribution < 1.29 is 42.1 Å². The Morgan fingerprint density at radius 3 is 2.57 bits per heavy atom. The highest BCUT2D eigenvalue weighted by molar-refractivity contribution is 5.91. The van der Waals surface area contributed by atoms with Crippen molar-refractivity contribution in [1.82, 2.24) is 15.0 Å². The normalized spacial score (nSPS) is 18.9. The number of nitriles is 1. The van der Waals surface area contributed by atoms with Crippen LogP contribution in [0.3, 0.4) is 0 Å². The highest BCUT2D eigenvalue weighted by Gasteiger charge is 2.47. The van der Waals surface area contributed by atoms with E-state index in [9.17, 15) is 28.0 Å². The van der Waals surface area contributed by atoms with E-state index >= 15 is 0 Å². The number of hydrogen-bond acceptors (Lipinski definition) is 11. The predicted molar refractivity (Wildman–Crippen MR) is 178 cm³/mol. The molecule has 16 heteroatoms. The van der Waals surface area contributed by atoms with Gasteiger partial charge in [-0.1, -0.05) is 6.92 Å². The van der Waals surface area contributed by atoms with Crippen LogP contribution in [0, 0.1) is 11.3 Å². The summed E-state index contributed by atoms with van der Waals surface area (Å²) >= 11 is 0. The van der Waals surface area contributed by atoms with Crippen LogP contribution < -0.4 is 20.3 Å². The Morgan fingerprint density at radius 2 is 1.90 bits per heavy atom. The maximum Gasteiger partial charge on any atom is 0.416 e. The lowest BCUT2D eigenvalue weighted by atomic mass is 9.83. The van der Waals surface area contributed by atoms with E-state index in [1.807, 2.05) is 17.9 Å². The highest BCUT2D eigenvalue weighted by Crippen LogP contribution is 2.45. The average molecular weight is 712 g/mol. The van der Waals surface area contributed by atoms with Crippen LogP contribution in [0.5, 0.6) is 5.88 Å². The number of ether oxygens (including phenoxy) is 3. The van der Waals surface area contributed by atoms with Crippen molar-refractivity contribution in [2.75, 3.05) is 49.8 Å². The second-order valence-electron chi connectivity index (χ2n) is 12.5. The number of anilines is 2. The number of rotatable bonds is 12. The van der Waals surface area contributed by atoms with Crippen LogP contribution in [0.2, 0.25) is 0 Å². The molecule has 2 aliphatic heterocycles. The number of carboxylic acids is 1. The minimum atomic E-state index is -4.65. The first kappa shape index (κ1) is 37.3. The molecular formula is C35H40F3N7O6. The van der Waals surface area contributed by atoms with Crippen LogP contribution >= 0.6 is 0 Å². The zero-order valence-electron chi connectivity index (χ0n) is 28.4. The topological polar surface area (TPSA) is 177 Å². The van der Waals surface area contributed by atoms with Crippen LogP contribution in [-0.2, 0) is 26.9 Å². The van der Waals surface area contributed by atoms with E-state index in [1.165, 1.54) is 18.1 Å². The molecule has 272 valence electrons. The minimum absolute atomic E-state index is 0.0294. The monoisotopic (exact) mass is 711 g/mol. The van der Waals surface area contributed by atoms with Gasteiger partial charge in [0, 0.05) is 32.0 Å². The van der Waals surface area contributed by atoms with Gasteiger partial charge < -0.3 is 30.0 Å². The predicted octanol–water partition coefficient (Wildman–Crippen LogP) is 5.39. The molecule has 3 aromatic rings. The van der Waals surface area contributed by atoms with Gasteiger partial charge in [0.2, 0.25) is 5.88 Å². The third kappa shape index (κ3) is 8.66. The number of hydrogen-bond donors (Lipinski definition) is 2. The van der Waals surface area contributed by atoms with Crippen molar-refractivity contribution in [1.29, 1.82) is 5.26 Å². The third-order valence-corrected chi connectivity index (χ3v) is 9.06. The molecule has 4 heterocycles. The second-order valence-corrected chi connectivity index (χ2v) is 12.5. The van der Waals surface area contributed by atoms with Gasteiger partial charge in [0.05, 0.1) is 79.0 Å². The molecule has 1 amide bonds. The average Bonchev–Trinajstić information content (AvgIpc) is 3.12. The number of aliphatic carboxylic acids is 1. The van der Waals surface area contributed by atoms with Crippen LogP contribution in [-0.4, -0.2) is 77.8 Å². The van der Waals surface area contributed by atoms with E-state index in [0.717, 1.165) is 12.1 Å². The molecule has 1 aromatic carbocycles. The van der Waals surface area contributed by atoms with Crippen LogP contribution in [0.25, 0.3) is 0 Å². The van der Waals surface area contributed by atoms with E-state index in [0.29, 0.717) is 80.6 Å². The maximum absolute atomic E-state index is 13.8. The van der Waals surface area contributed by atoms with Crippen molar-refractivity contribution in [2.45, 2.75) is 69.6 Å². The Hall–Kier alpha value is -5.01. The number of methoxy groups -OCH3 is 1. The van der Waals surface area contributed by atoms with E-state index in [2.05, 4.69) is 0 Å². The number of nitrogens with two attached hydrogens (primary N) is 1. The molecule has 2 atom stereocenters. The summed E-state index contributed by atoms with van der Waals surface area (Å²) in [5.41, 5.74) is 6.74. The zero-order chi connectivity index (χ0) is 36.8. The number of amides is 1. The van der Waals surface area contributed by atoms with Crippen molar-refractivity contribution in [3.63, 3.8) is 0 Å². The summed E-state index contributed by atoms with van der Waals surface area (Å²) in [7, 11) is 1.46. The molecule has 3 N–H and O–H groups in total. The molecule has 0 radical (unpaired) electrons. The number of carbonyl (C=O) groups is 2. The van der Waals surface area contributed by atoms with Gasteiger partial charge in [-0.25, -0.2) is 19.7 Å². The van der Waals surface area contributed by atoms with Crippen molar-refractivity contribution in [2.24, 2.45) is 5.73 Å². The van der Waals surface area contributed by atoms with Gasteiger partial charge in [0.1, 0.15) is 11.5 Å². The smallest absolute Gasteiger partial charge is 0.416 e. The quantitative estimate of drug-likeness (QED) is 0.230. The standard InChI is InChI=1S/C35H40F3N7O6/c1-3-34(40)19-25(31-27(8-9-29(43-31)49-2)45(34)33(48)51-12-6-4-5-7-30(46)47)32-41-21-28(44-10-13-50-14-11-44)26(42-32)18-22-15-23(20-39)17-24(16-22)35(36,37)38/h8-9,15-17,21,25H,3-7,10-14,18-19,40H2,1-2H3,(H,46,47)/t25-,34+/m0/s1. The molecule has 0 bridgehead atoms. The Bertz CT molecular complexity index is 1780. The Labute approximate surface area is 293 Å². The van der Waals surface area contributed by atoms with Crippen molar-refractivity contribution >= 4 is 23.4 Å². The summed E-state index contributed by atoms with van der Waals surface area (Å²) in [6, 6.07) is 8.33. The molecule has 1 fully saturated rings. The number of carbonyl (C=O) groups excluding carboxylic acids is 1. The minimum Gasteiger partial charge on any atom is -0.481 e. The summed E-state index contributed by atoms with van der Waals surface area (Å²) in [5.74, 6) is -0.981. The summed E-state index contributed by atoms with van der Waals surface area (Å²) < 4.78 is 57.9. The number of alkyl halides is 3. The van der Waals surface area contributed by atoms with Crippen LogP contribution in [0.1, 0.15) is 85.3 Å². The summed E-state index contributed by atoms with van der Waals surface area (Å²) in [6.45, 7) is 3.83. The molecule has 5 rings (SSSR count). The second kappa shape index (κ2) is 15.9. The number of aromatic nitrogens is 3. The van der Waals surface area contributed by atoms with Gasteiger partial charge in [0.15, 0.2) is 0 Å². The van der Waals surface area contributed by atoms with E-state index in [1.54, 1.807) is 18.3 Å². The van der Waals surface area contributed by atoms with Gasteiger partial charge in [-0.3, -0.25) is 9.69 Å². The lowest BCUT2D eigenvalue weighted by molar-refractivity contribution is -0.138. The lowest BCUT2D eigenvalue weighted by Crippen LogP contribution is -2.61. The Balaban J connectivity index is 1.54. The van der Waals surface area contributed by atoms with E-state index in [4.69, 9.17) is 40.0 Å². The number of carboxylic acid groups (broad SMARTS) is 1. The summed E-state index contributed by atoms with van der Waals surface area (Å²) in [6.07, 6.45) is -1.77. The van der Waals surface area contributed by atoms with Crippen LogP contribution in [0.4, 0.5) is 29.3 Å². The first-order chi connectivity index (χ1) is 24.4. The van der Waals surface area contributed by atoms with Crippen molar-refractivity contribution in [3.05, 3.63) is 70.4 Å². The molecule has 13 nitrogen and oxygen atoms in total. The molecule has 51 heavy (non-hydrogen) atoms. The first-order valence-corrected chi connectivity index (χ1v) is 16.7. The molecular weight excluding hydrogens is 671 g/mol. The summed E-state index contributed by atoms with van der Waals surface area (Å²) in [5, 5.41) is 18.4. The number of morpholine rings is 1. The number of benzene rings is 1. The van der Waals surface area contributed by atoms with Gasteiger partial charge >= 0.3 is 18.2 Å². The molecule has 2 aromatic heterocycles. The van der Waals surface area contributed by atoms with Crippen molar-refractivity contribution in [3.8, 4) is 11.9 Å². The molecule has 0 saturated carbocycles. The fourth-order valence-electron chi connectivity index (χ4n) is 6.37. The molecule has 0 aliphatic carbocycles. The Morgan fingerprint density at radius 1 is 1.14 bits per heavy atom. The van der Waals surface area contributed by atoms with E-state index < -0.39 is 35.4 Å². The van der Waals surface area contributed by atoms with Gasteiger partial charge in [-0.05, 0) is 61.9 Å². The lowest BCUT2D eigenvalue weighted by Gasteiger charge is -2.46.